The number of methoxy groups -OCH3 is 3. The maximum atomic E-state index is 15.5. The largest absolute Gasteiger partial charge is 0.497 e. The van der Waals surface area contributed by atoms with Crippen molar-refractivity contribution in [3.05, 3.63) is 83.4 Å². The van der Waals surface area contributed by atoms with Crippen LogP contribution in [0.25, 0.3) is 0 Å². The predicted molar refractivity (Wildman–Crippen MR) is 181 cm³/mol. The van der Waals surface area contributed by atoms with Gasteiger partial charge in [0, 0.05) is 37.1 Å². The topological polar surface area (TPSA) is 153 Å². The number of hydrogen-bond donors (Lipinski definition) is 3. The summed E-state index contributed by atoms with van der Waals surface area (Å²) >= 11 is 0. The van der Waals surface area contributed by atoms with E-state index in [4.69, 9.17) is 23.7 Å². The van der Waals surface area contributed by atoms with Gasteiger partial charge in [-0.2, -0.15) is 0 Å². The molecule has 3 N–H and O–H groups in total. The molecule has 0 radical (unpaired) electrons. The van der Waals surface area contributed by atoms with Crippen LogP contribution in [0.5, 0.6) is 23.0 Å². The van der Waals surface area contributed by atoms with Gasteiger partial charge in [0.1, 0.15) is 40.4 Å². The van der Waals surface area contributed by atoms with Crippen LogP contribution in [0.1, 0.15) is 62.6 Å². The van der Waals surface area contributed by atoms with E-state index in [0.717, 1.165) is 0 Å². The van der Waals surface area contributed by atoms with Crippen molar-refractivity contribution in [2.75, 3.05) is 27.9 Å². The fraction of sp³-hybridized carbons (Fsp3) is 0.447. The van der Waals surface area contributed by atoms with Crippen LogP contribution in [0, 0.1) is 5.92 Å². The van der Waals surface area contributed by atoms with E-state index in [0.29, 0.717) is 35.5 Å². The molecular weight excluding hydrogens is 644 g/mol. The van der Waals surface area contributed by atoms with Crippen LogP contribution in [-0.4, -0.2) is 78.6 Å². The molecule has 7 unspecified atom stereocenters. The van der Waals surface area contributed by atoms with Gasteiger partial charge in [-0.25, -0.2) is 0 Å². The van der Waals surface area contributed by atoms with Gasteiger partial charge < -0.3 is 44.1 Å². The molecule has 3 aromatic rings. The molecule has 2 fully saturated rings. The highest BCUT2D eigenvalue weighted by Crippen LogP contribution is 2.69. The van der Waals surface area contributed by atoms with E-state index in [1.165, 1.54) is 35.2 Å². The number of esters is 1. The zero-order valence-electron chi connectivity index (χ0n) is 29.1. The Morgan fingerprint density at radius 3 is 2.28 bits per heavy atom. The van der Waals surface area contributed by atoms with Gasteiger partial charge in [0.15, 0.2) is 11.7 Å². The van der Waals surface area contributed by atoms with Crippen molar-refractivity contribution in [1.29, 1.82) is 0 Å². The molecule has 6 rings (SSSR count). The Labute approximate surface area is 291 Å². The van der Waals surface area contributed by atoms with Crippen molar-refractivity contribution >= 4 is 17.8 Å². The Kier molecular flexibility index (Phi) is 9.21. The Bertz CT molecular complexity index is 1760. The van der Waals surface area contributed by atoms with Crippen LogP contribution in [0.3, 0.4) is 0 Å². The van der Waals surface area contributed by atoms with E-state index in [9.17, 15) is 19.8 Å². The minimum atomic E-state index is -2.09. The predicted octanol–water partition coefficient (Wildman–Crippen LogP) is 3.76. The number of aliphatic hydroxyl groups is 2. The molecule has 2 heterocycles. The molecule has 3 aromatic carbocycles. The second-order valence-electron chi connectivity index (χ2n) is 13.3. The summed E-state index contributed by atoms with van der Waals surface area (Å²) in [6, 6.07) is 19.2. The molecule has 2 amide bonds. The van der Waals surface area contributed by atoms with Gasteiger partial charge in [-0.1, -0.05) is 49.4 Å². The van der Waals surface area contributed by atoms with Crippen LogP contribution < -0.4 is 24.3 Å². The first kappa shape index (κ1) is 35.0. The second-order valence-corrected chi connectivity index (χ2v) is 13.3. The van der Waals surface area contributed by atoms with Crippen LogP contribution in [0.2, 0.25) is 0 Å². The highest BCUT2D eigenvalue weighted by Gasteiger charge is 2.78. The van der Waals surface area contributed by atoms with Crippen LogP contribution in [0.4, 0.5) is 0 Å². The molecule has 266 valence electrons. The van der Waals surface area contributed by atoms with Crippen molar-refractivity contribution in [2.24, 2.45) is 5.92 Å². The van der Waals surface area contributed by atoms with Crippen molar-refractivity contribution in [3.63, 3.8) is 0 Å². The van der Waals surface area contributed by atoms with Crippen LogP contribution in [-0.2, 0) is 30.3 Å². The number of hydrogen-bond acceptors (Lipinski definition) is 10. The molecule has 1 saturated carbocycles. The number of nitrogens with zero attached hydrogens (tertiary/aromatic N) is 1. The van der Waals surface area contributed by atoms with E-state index >= 15 is 4.79 Å². The first-order valence-corrected chi connectivity index (χ1v) is 16.8. The summed E-state index contributed by atoms with van der Waals surface area (Å²) in [5, 5.41) is 27.1. The summed E-state index contributed by atoms with van der Waals surface area (Å²) in [7, 11) is 4.47. The smallest absolute Gasteiger partial charge is 0.303 e. The summed E-state index contributed by atoms with van der Waals surface area (Å²) in [6.45, 7) is 4.66. The van der Waals surface area contributed by atoms with Crippen molar-refractivity contribution in [1.82, 2.24) is 10.2 Å². The maximum absolute atomic E-state index is 15.5. The molecule has 50 heavy (non-hydrogen) atoms. The number of rotatable bonds is 10. The lowest BCUT2D eigenvalue weighted by molar-refractivity contribution is -0.194. The van der Waals surface area contributed by atoms with E-state index in [1.54, 1.807) is 48.2 Å². The average Bonchev–Trinajstić information content (AvgIpc) is 3.63. The van der Waals surface area contributed by atoms with E-state index < -0.39 is 58.7 Å². The van der Waals surface area contributed by atoms with Gasteiger partial charge in [-0.05, 0) is 43.9 Å². The minimum Gasteiger partial charge on any atom is -0.497 e. The Morgan fingerprint density at radius 2 is 1.68 bits per heavy atom. The van der Waals surface area contributed by atoms with Gasteiger partial charge in [-0.15, -0.1) is 0 Å². The van der Waals surface area contributed by atoms with Crippen molar-refractivity contribution < 1.29 is 48.3 Å². The zero-order valence-corrected chi connectivity index (χ0v) is 29.1. The van der Waals surface area contributed by atoms with Gasteiger partial charge in [0.05, 0.1) is 32.8 Å². The number of carbonyl (C=O) groups excluding carboxylic acids is 3. The SMILES string of the molecule is CCC(C)(O)C(=O)NC1CCCN1C(=O)C1C(c2ccccc2)C2(O)c3c(OC)cc(OC)cc3OC1(c1ccc(OC)cc1)C2OC(C)=O. The second kappa shape index (κ2) is 13.1. The van der Waals surface area contributed by atoms with Gasteiger partial charge in [0.25, 0.3) is 5.91 Å². The fourth-order valence-electron chi connectivity index (χ4n) is 7.90. The lowest BCUT2D eigenvalue weighted by Gasteiger charge is -2.46. The molecule has 12 heteroatoms. The molecule has 2 aliphatic heterocycles. The fourth-order valence-corrected chi connectivity index (χ4v) is 7.90. The summed E-state index contributed by atoms with van der Waals surface area (Å²) in [5.74, 6) is -2.73. The molecule has 12 nitrogen and oxygen atoms in total. The van der Waals surface area contributed by atoms with Gasteiger partial charge in [-0.3, -0.25) is 14.4 Å². The first-order valence-electron chi connectivity index (χ1n) is 16.8. The third-order valence-corrected chi connectivity index (χ3v) is 10.5. The summed E-state index contributed by atoms with van der Waals surface area (Å²) in [4.78, 5) is 43.3. The average molecular weight is 689 g/mol. The highest BCUT2D eigenvalue weighted by atomic mass is 16.6. The summed E-state index contributed by atoms with van der Waals surface area (Å²) in [5.41, 5.74) is -4.33. The first-order chi connectivity index (χ1) is 23.9. The molecule has 3 aliphatic rings. The van der Waals surface area contributed by atoms with E-state index in [1.807, 2.05) is 30.3 Å². The van der Waals surface area contributed by atoms with Crippen molar-refractivity contribution in [3.8, 4) is 23.0 Å². The zero-order chi connectivity index (χ0) is 36.0. The molecule has 2 bridgehead atoms. The molecule has 0 aromatic heterocycles. The quantitative estimate of drug-likeness (QED) is 0.269. The van der Waals surface area contributed by atoms with E-state index in [2.05, 4.69) is 5.32 Å². The molecule has 7 atom stereocenters. The number of carbonyl (C=O) groups is 3. The Morgan fingerprint density at radius 1 is 1.00 bits per heavy atom. The monoisotopic (exact) mass is 688 g/mol. The molecular formula is C38H44N2O10. The Balaban J connectivity index is 1.65. The molecule has 1 aliphatic carbocycles. The highest BCUT2D eigenvalue weighted by molar-refractivity contribution is 5.88. The van der Waals surface area contributed by atoms with E-state index in [-0.39, 0.29) is 30.0 Å². The van der Waals surface area contributed by atoms with Gasteiger partial charge in [0.2, 0.25) is 5.91 Å². The lowest BCUT2D eigenvalue weighted by Crippen LogP contribution is -2.59. The van der Waals surface area contributed by atoms with Gasteiger partial charge >= 0.3 is 5.97 Å². The number of nitrogens with one attached hydrogen (secondary N) is 1. The number of ether oxygens (including phenoxy) is 5. The van der Waals surface area contributed by atoms with Crippen LogP contribution in [0.15, 0.2) is 66.7 Å². The normalized spacial score (nSPS) is 27.7. The number of benzene rings is 3. The standard InChI is InChI=1S/C38H44N2O10/c1-7-36(3,44)35(43)39-29-14-11-19-40(29)33(42)32-30(23-12-9-8-10-13-23)37(45)31-27(48-6)20-26(47-5)21-28(31)50-38(32,34(37)49-22(2)41)24-15-17-25(46-4)18-16-24/h8-10,12-13,15-18,20-21,29-30,32,34,44-45H,7,11,14,19H2,1-6H3,(H,39,43). The number of likely N-dealkylation sites (tertiary alicyclic amines) is 1. The number of fused-ring (bicyclic) bond motifs is 4. The lowest BCUT2D eigenvalue weighted by atomic mass is 9.74. The third-order valence-electron chi connectivity index (χ3n) is 10.5. The summed E-state index contributed by atoms with van der Waals surface area (Å²) < 4.78 is 30.1. The molecule has 0 spiro atoms. The van der Waals surface area contributed by atoms with Crippen molar-refractivity contribution in [2.45, 2.75) is 75.0 Å². The summed E-state index contributed by atoms with van der Waals surface area (Å²) in [6.07, 6.45) is -1.03. The maximum Gasteiger partial charge on any atom is 0.303 e. The minimum absolute atomic E-state index is 0.174. The van der Waals surface area contributed by atoms with Crippen LogP contribution >= 0.6 is 0 Å². The third kappa shape index (κ3) is 5.41. The Hall–Kier alpha value is -4.81. The molecule has 1 saturated heterocycles. The number of amides is 2.